The van der Waals surface area contributed by atoms with Crippen LogP contribution < -0.4 is 15.4 Å². The quantitative estimate of drug-likeness (QED) is 0.620. The molecule has 7 nitrogen and oxygen atoms in total. The molecule has 1 amide bonds. The molecule has 0 atom stereocenters. The first-order chi connectivity index (χ1) is 11.4. The molecule has 0 aliphatic carbocycles. The molecule has 0 spiro atoms. The van der Waals surface area contributed by atoms with E-state index in [9.17, 15) is 13.2 Å². The van der Waals surface area contributed by atoms with E-state index in [0.717, 1.165) is 30.5 Å². The first-order valence-corrected chi connectivity index (χ1v) is 10.1. The molecule has 1 heterocycles. The summed E-state index contributed by atoms with van der Waals surface area (Å²) in [7, 11) is -1.44. The Hall–Kier alpha value is -1.97. The zero-order chi connectivity index (χ0) is 17.6. The van der Waals surface area contributed by atoms with Crippen molar-refractivity contribution in [1.29, 1.82) is 0 Å². The Balaban J connectivity index is 1.98. The molecule has 0 radical (unpaired) electrons. The van der Waals surface area contributed by atoms with Crippen LogP contribution in [0.2, 0.25) is 0 Å². The van der Waals surface area contributed by atoms with Crippen LogP contribution in [0.15, 0.2) is 29.6 Å². The van der Waals surface area contributed by atoms with Gasteiger partial charge in [0.25, 0.3) is 0 Å². The lowest BCUT2D eigenvalue weighted by Crippen LogP contribution is -2.15. The van der Waals surface area contributed by atoms with Crippen LogP contribution in [-0.4, -0.2) is 39.2 Å². The predicted molar refractivity (Wildman–Crippen MR) is 97.8 cm³/mol. The number of carbonyl (C=O) groups excluding carboxylic acids is 1. The van der Waals surface area contributed by atoms with E-state index < -0.39 is 10.0 Å². The Bertz CT molecular complexity index is 785. The molecule has 1 aromatic carbocycles. The van der Waals surface area contributed by atoms with Crippen molar-refractivity contribution >= 4 is 38.1 Å². The summed E-state index contributed by atoms with van der Waals surface area (Å²) in [6.45, 7) is 0.796. The molecule has 0 fully saturated rings. The van der Waals surface area contributed by atoms with E-state index in [4.69, 9.17) is 0 Å². The van der Waals surface area contributed by atoms with E-state index in [0.29, 0.717) is 17.2 Å². The number of anilines is 2. The number of rotatable bonds is 8. The summed E-state index contributed by atoms with van der Waals surface area (Å²) in [4.78, 5) is 16.2. The van der Waals surface area contributed by atoms with Gasteiger partial charge in [0.1, 0.15) is 0 Å². The number of hydrogen-bond donors (Lipinski definition) is 3. The van der Waals surface area contributed by atoms with Gasteiger partial charge in [0.15, 0.2) is 5.13 Å². The van der Waals surface area contributed by atoms with Gasteiger partial charge in [-0.25, -0.2) is 13.4 Å². The van der Waals surface area contributed by atoms with Crippen LogP contribution >= 0.6 is 11.3 Å². The van der Waals surface area contributed by atoms with Crippen molar-refractivity contribution in [2.24, 2.45) is 0 Å². The standard InChI is InChI=1S/C15H20N4O3S2/c1-16-9-3-4-14(20)18-15-17-13(10-23-15)11-5-7-12(8-6-11)19-24(2,21)22/h5-8,10,16,19H,3-4,9H2,1-2H3,(H,17,18,20). The second kappa shape index (κ2) is 8.22. The minimum absolute atomic E-state index is 0.0566. The summed E-state index contributed by atoms with van der Waals surface area (Å²) in [6.07, 6.45) is 2.32. The Labute approximate surface area is 145 Å². The number of amides is 1. The summed E-state index contributed by atoms with van der Waals surface area (Å²) in [5.41, 5.74) is 2.08. The molecule has 0 saturated heterocycles. The predicted octanol–water partition coefficient (Wildman–Crippen LogP) is 2.12. The Morgan fingerprint density at radius 2 is 1.96 bits per heavy atom. The maximum Gasteiger partial charge on any atom is 0.229 e. The summed E-state index contributed by atoms with van der Waals surface area (Å²) >= 11 is 1.36. The van der Waals surface area contributed by atoms with E-state index in [1.807, 2.05) is 12.4 Å². The van der Waals surface area contributed by atoms with Gasteiger partial charge in [-0.1, -0.05) is 12.1 Å². The number of thiazole rings is 1. The number of aromatic nitrogens is 1. The van der Waals surface area contributed by atoms with Crippen molar-refractivity contribution in [3.8, 4) is 11.3 Å². The molecule has 130 valence electrons. The number of nitrogens with zero attached hydrogens (tertiary/aromatic N) is 1. The Morgan fingerprint density at radius 1 is 1.25 bits per heavy atom. The molecular weight excluding hydrogens is 348 g/mol. The average molecular weight is 368 g/mol. The first-order valence-electron chi connectivity index (χ1n) is 7.35. The van der Waals surface area contributed by atoms with Gasteiger partial charge in [-0.15, -0.1) is 11.3 Å². The van der Waals surface area contributed by atoms with E-state index in [1.54, 1.807) is 24.3 Å². The summed E-state index contributed by atoms with van der Waals surface area (Å²) in [5, 5.41) is 8.18. The molecule has 3 N–H and O–H groups in total. The van der Waals surface area contributed by atoms with Gasteiger partial charge in [-0.2, -0.15) is 0 Å². The zero-order valence-corrected chi connectivity index (χ0v) is 15.1. The highest BCUT2D eigenvalue weighted by atomic mass is 32.2. The lowest BCUT2D eigenvalue weighted by atomic mass is 10.1. The fourth-order valence-corrected chi connectivity index (χ4v) is 3.29. The molecule has 2 aromatic rings. The molecule has 0 aliphatic heterocycles. The first kappa shape index (κ1) is 18.4. The highest BCUT2D eigenvalue weighted by Gasteiger charge is 2.08. The van der Waals surface area contributed by atoms with Crippen LogP contribution in [0.25, 0.3) is 11.3 Å². The maximum atomic E-state index is 11.8. The van der Waals surface area contributed by atoms with E-state index >= 15 is 0 Å². The van der Waals surface area contributed by atoms with Gasteiger partial charge in [0.05, 0.1) is 11.9 Å². The van der Waals surface area contributed by atoms with Gasteiger partial charge in [-0.05, 0) is 32.1 Å². The van der Waals surface area contributed by atoms with Gasteiger partial charge in [0.2, 0.25) is 15.9 Å². The zero-order valence-electron chi connectivity index (χ0n) is 13.5. The highest BCUT2D eigenvalue weighted by molar-refractivity contribution is 7.92. The summed E-state index contributed by atoms with van der Waals surface area (Å²) in [5.74, 6) is -0.0566. The van der Waals surface area contributed by atoms with Crippen molar-refractivity contribution in [3.63, 3.8) is 0 Å². The molecule has 0 bridgehead atoms. The highest BCUT2D eigenvalue weighted by Crippen LogP contribution is 2.26. The van der Waals surface area contributed by atoms with Crippen molar-refractivity contribution < 1.29 is 13.2 Å². The minimum Gasteiger partial charge on any atom is -0.320 e. The van der Waals surface area contributed by atoms with Crippen LogP contribution in [0.5, 0.6) is 0 Å². The SMILES string of the molecule is CNCCCC(=O)Nc1nc(-c2ccc(NS(C)(=O)=O)cc2)cs1. The van der Waals surface area contributed by atoms with Crippen LogP contribution in [-0.2, 0) is 14.8 Å². The number of benzene rings is 1. The summed E-state index contributed by atoms with van der Waals surface area (Å²) < 4.78 is 24.8. The number of hydrogen-bond acceptors (Lipinski definition) is 6. The smallest absolute Gasteiger partial charge is 0.229 e. The van der Waals surface area contributed by atoms with Gasteiger partial charge < -0.3 is 10.6 Å². The molecule has 0 unspecified atom stereocenters. The van der Waals surface area contributed by atoms with Crippen molar-refractivity contribution in [2.75, 3.05) is 29.9 Å². The fraction of sp³-hybridized carbons (Fsp3) is 0.333. The second-order valence-corrected chi connectivity index (χ2v) is 7.85. The van der Waals surface area contributed by atoms with Gasteiger partial charge in [-0.3, -0.25) is 9.52 Å². The fourth-order valence-electron chi connectivity index (χ4n) is 1.99. The normalized spacial score (nSPS) is 11.2. The van der Waals surface area contributed by atoms with Crippen molar-refractivity contribution in [2.45, 2.75) is 12.8 Å². The Kier molecular flexibility index (Phi) is 6.29. The molecule has 24 heavy (non-hydrogen) atoms. The van der Waals surface area contributed by atoms with Crippen LogP contribution in [0, 0.1) is 0 Å². The van der Waals surface area contributed by atoms with Crippen LogP contribution in [0.3, 0.4) is 0 Å². The molecular formula is C15H20N4O3S2. The third-order valence-corrected chi connectivity index (χ3v) is 4.43. The van der Waals surface area contributed by atoms with Crippen molar-refractivity contribution in [1.82, 2.24) is 10.3 Å². The Morgan fingerprint density at radius 3 is 2.58 bits per heavy atom. The second-order valence-electron chi connectivity index (χ2n) is 5.24. The lowest BCUT2D eigenvalue weighted by molar-refractivity contribution is -0.116. The monoisotopic (exact) mass is 368 g/mol. The molecule has 9 heteroatoms. The van der Waals surface area contributed by atoms with Gasteiger partial charge >= 0.3 is 0 Å². The van der Waals surface area contributed by atoms with E-state index in [-0.39, 0.29) is 5.91 Å². The third-order valence-electron chi connectivity index (χ3n) is 3.07. The van der Waals surface area contributed by atoms with Crippen molar-refractivity contribution in [3.05, 3.63) is 29.6 Å². The number of sulfonamides is 1. The number of carbonyl (C=O) groups is 1. The van der Waals surface area contributed by atoms with E-state index in [2.05, 4.69) is 20.3 Å². The molecule has 0 aliphatic rings. The molecule has 0 saturated carbocycles. The summed E-state index contributed by atoms with van der Waals surface area (Å²) in [6, 6.07) is 6.90. The average Bonchev–Trinajstić information content (AvgIpc) is 2.95. The number of nitrogens with one attached hydrogen (secondary N) is 3. The molecule has 2 rings (SSSR count). The molecule has 1 aromatic heterocycles. The van der Waals surface area contributed by atoms with Crippen LogP contribution in [0.1, 0.15) is 12.8 Å². The van der Waals surface area contributed by atoms with Gasteiger partial charge in [0, 0.05) is 23.1 Å². The minimum atomic E-state index is -3.29. The largest absolute Gasteiger partial charge is 0.320 e. The van der Waals surface area contributed by atoms with E-state index in [1.165, 1.54) is 11.3 Å². The third kappa shape index (κ3) is 5.91. The van der Waals surface area contributed by atoms with Crippen LogP contribution in [0.4, 0.5) is 10.8 Å². The maximum absolute atomic E-state index is 11.8. The lowest BCUT2D eigenvalue weighted by Gasteiger charge is -2.04. The topological polar surface area (TPSA) is 100 Å².